The molecule has 7 rings (SSSR count). The van der Waals surface area contributed by atoms with E-state index in [2.05, 4.69) is 20.1 Å². The smallest absolute Gasteiger partial charge is 0.248 e. The van der Waals surface area contributed by atoms with Gasteiger partial charge in [-0.25, -0.2) is 9.97 Å². The molecule has 10 heteroatoms. The molecule has 1 amide bonds. The number of anilines is 1. The van der Waals surface area contributed by atoms with E-state index in [1.165, 1.54) is 0 Å². The summed E-state index contributed by atoms with van der Waals surface area (Å²) in [6.45, 7) is -0.423. The molecular weight excluding hydrogens is 456 g/mol. The van der Waals surface area contributed by atoms with Crippen LogP contribution in [0.5, 0.6) is 0 Å². The van der Waals surface area contributed by atoms with E-state index in [9.17, 15) is 9.90 Å². The lowest BCUT2D eigenvalue weighted by atomic mass is 9.85. The van der Waals surface area contributed by atoms with Gasteiger partial charge in [0, 0.05) is 53.3 Å². The van der Waals surface area contributed by atoms with Crippen LogP contribution in [0.4, 0.5) is 5.82 Å². The van der Waals surface area contributed by atoms with Crippen LogP contribution in [0.2, 0.25) is 0 Å². The minimum atomic E-state index is -0.423. The lowest BCUT2D eigenvalue weighted by Crippen LogP contribution is -2.47. The molecule has 1 aliphatic carbocycles. The van der Waals surface area contributed by atoms with E-state index in [0.29, 0.717) is 11.7 Å². The van der Waals surface area contributed by atoms with Gasteiger partial charge in [-0.1, -0.05) is 6.07 Å². The van der Waals surface area contributed by atoms with Gasteiger partial charge in [0.25, 0.3) is 0 Å². The molecule has 3 atom stereocenters. The van der Waals surface area contributed by atoms with Crippen LogP contribution < -0.4 is 5.73 Å². The van der Waals surface area contributed by atoms with Gasteiger partial charge in [-0.2, -0.15) is 9.61 Å². The number of hydrogen-bond donors (Lipinski definition) is 3. The van der Waals surface area contributed by atoms with Crippen LogP contribution >= 0.6 is 0 Å². The second-order valence-corrected chi connectivity index (χ2v) is 10.2. The molecule has 3 aliphatic rings. The molecule has 4 aromatic heterocycles. The number of aliphatic hydroxyl groups is 1. The van der Waals surface area contributed by atoms with Gasteiger partial charge in [-0.3, -0.25) is 9.78 Å². The van der Waals surface area contributed by atoms with Crippen molar-refractivity contribution in [2.24, 2.45) is 0 Å². The van der Waals surface area contributed by atoms with E-state index in [0.717, 1.165) is 78.1 Å². The maximum Gasteiger partial charge on any atom is 0.248 e. The number of aromatic amines is 1. The third kappa shape index (κ3) is 3.31. The molecular formula is C26H28N8O2. The first-order valence-corrected chi connectivity index (χ1v) is 12.7. The van der Waals surface area contributed by atoms with Gasteiger partial charge >= 0.3 is 0 Å². The number of H-pyrrole nitrogens is 1. The van der Waals surface area contributed by atoms with Gasteiger partial charge in [-0.05, 0) is 50.5 Å². The Hall–Kier alpha value is -3.79. The maximum atomic E-state index is 12.4. The summed E-state index contributed by atoms with van der Waals surface area (Å²) in [5.41, 5.74) is 12.3. The minimum absolute atomic E-state index is 0.155. The highest BCUT2D eigenvalue weighted by Gasteiger charge is 2.45. The minimum Gasteiger partial charge on any atom is -0.387 e. The van der Waals surface area contributed by atoms with Crippen LogP contribution in [0.3, 0.4) is 0 Å². The van der Waals surface area contributed by atoms with E-state index in [4.69, 9.17) is 10.7 Å². The number of rotatable bonds is 5. The van der Waals surface area contributed by atoms with Crippen LogP contribution in [-0.2, 0) is 4.79 Å². The summed E-state index contributed by atoms with van der Waals surface area (Å²) >= 11 is 0. The average molecular weight is 485 g/mol. The molecule has 10 nitrogen and oxygen atoms in total. The van der Waals surface area contributed by atoms with Crippen LogP contribution in [0.15, 0.2) is 36.9 Å². The molecule has 6 heterocycles. The van der Waals surface area contributed by atoms with Crippen LogP contribution in [0.1, 0.15) is 61.6 Å². The Bertz CT molecular complexity index is 1430. The summed E-state index contributed by atoms with van der Waals surface area (Å²) in [4.78, 5) is 31.5. The fourth-order valence-electron chi connectivity index (χ4n) is 6.34. The number of hydrogen-bond acceptors (Lipinski definition) is 7. The summed E-state index contributed by atoms with van der Waals surface area (Å²) in [7, 11) is 0. The molecule has 184 valence electrons. The van der Waals surface area contributed by atoms with Crippen molar-refractivity contribution in [3.8, 4) is 22.6 Å². The van der Waals surface area contributed by atoms with Crippen LogP contribution in [0.25, 0.3) is 28.3 Å². The number of nitrogens with zero attached hydrogens (tertiary/aromatic N) is 6. The highest BCUT2D eigenvalue weighted by Crippen LogP contribution is 2.50. The number of amides is 1. The zero-order valence-corrected chi connectivity index (χ0v) is 19.8. The predicted octanol–water partition coefficient (Wildman–Crippen LogP) is 2.87. The molecule has 4 aromatic rings. The van der Waals surface area contributed by atoms with Crippen molar-refractivity contribution in [1.82, 2.24) is 34.4 Å². The summed E-state index contributed by atoms with van der Waals surface area (Å²) in [5, 5.41) is 14.1. The topological polar surface area (TPSA) is 138 Å². The fraction of sp³-hybridized carbons (Fsp3) is 0.423. The van der Waals surface area contributed by atoms with E-state index < -0.39 is 6.61 Å². The Morgan fingerprint density at radius 3 is 2.53 bits per heavy atom. The molecule has 0 aromatic carbocycles. The molecule has 3 fully saturated rings. The number of nitrogen functional groups attached to an aromatic ring is 1. The molecule has 36 heavy (non-hydrogen) atoms. The Balaban J connectivity index is 1.29. The average Bonchev–Trinajstić information content (AvgIpc) is 3.29. The predicted molar refractivity (Wildman–Crippen MR) is 133 cm³/mol. The molecule has 1 saturated carbocycles. The number of imidazole rings is 1. The second-order valence-electron chi connectivity index (χ2n) is 10.2. The zero-order valence-electron chi connectivity index (χ0n) is 19.8. The van der Waals surface area contributed by atoms with Crippen LogP contribution in [-0.4, -0.2) is 64.2 Å². The Labute approximate surface area is 207 Å². The van der Waals surface area contributed by atoms with Gasteiger partial charge < -0.3 is 20.7 Å². The summed E-state index contributed by atoms with van der Waals surface area (Å²) < 4.78 is 1.77. The molecule has 2 saturated heterocycles. The first-order chi connectivity index (χ1) is 17.6. The number of fused-ring (bicyclic) bond motifs is 3. The maximum absolute atomic E-state index is 12.4. The second kappa shape index (κ2) is 8.12. The van der Waals surface area contributed by atoms with E-state index in [1.807, 2.05) is 29.4 Å². The van der Waals surface area contributed by atoms with E-state index in [1.54, 1.807) is 16.9 Å². The highest BCUT2D eigenvalue weighted by molar-refractivity contribution is 5.80. The first-order valence-electron chi connectivity index (χ1n) is 12.7. The number of nitrogens with one attached hydrogen (secondary N) is 1. The Kier molecular flexibility index (Phi) is 4.85. The monoisotopic (exact) mass is 484 g/mol. The number of aromatic nitrogens is 6. The lowest BCUT2D eigenvalue weighted by molar-refractivity contribution is -0.138. The van der Waals surface area contributed by atoms with Crippen molar-refractivity contribution in [2.45, 2.75) is 62.4 Å². The van der Waals surface area contributed by atoms with Crippen molar-refractivity contribution >= 4 is 17.4 Å². The highest BCUT2D eigenvalue weighted by atomic mass is 16.3. The molecule has 1 unspecified atom stereocenters. The first kappa shape index (κ1) is 21.5. The molecule has 2 aliphatic heterocycles. The number of carbonyl (C=O) groups excluding carboxylic acids is 1. The molecule has 2 bridgehead atoms. The van der Waals surface area contributed by atoms with Crippen molar-refractivity contribution in [1.29, 1.82) is 0 Å². The Morgan fingerprint density at radius 1 is 1.08 bits per heavy atom. The quantitative estimate of drug-likeness (QED) is 0.396. The zero-order chi connectivity index (χ0) is 24.4. The largest absolute Gasteiger partial charge is 0.387 e. The summed E-state index contributed by atoms with van der Waals surface area (Å²) in [6.07, 6.45) is 13.0. The number of piperidine rings is 1. The Morgan fingerprint density at radius 2 is 1.89 bits per heavy atom. The lowest BCUT2D eigenvalue weighted by Gasteiger charge is -2.39. The number of nitrogens with two attached hydrogens (primary N) is 1. The normalized spacial score (nSPS) is 23.5. The summed E-state index contributed by atoms with van der Waals surface area (Å²) in [6, 6.07) is 4.25. The van der Waals surface area contributed by atoms with Crippen molar-refractivity contribution in [3.05, 3.63) is 48.2 Å². The molecule has 0 radical (unpaired) electrons. The standard InChI is InChI=1S/C26H28N8O2/c27-24-22(14-1-2-14)23(16-9-17-4-5-18(10-16)33(17)21(36)13-35)32-26-19(12-31-34(24)26)15-3-6-20(30-11-15)25-28-7-8-29-25/h3,6-8,11-12,14,16-18,35H,1-2,4-5,9-10,13,27H2,(H,28,29)/t16?,17-,18+. The SMILES string of the molecule is Nc1c(C2CC2)c(C2C[C@H]3CC[C@@H](C2)N3C(=O)CO)nc2c(-c3ccc(-c4ncc[nH]4)nc3)cnn12. The van der Waals surface area contributed by atoms with Gasteiger partial charge in [0.05, 0.1) is 11.9 Å². The van der Waals surface area contributed by atoms with Crippen molar-refractivity contribution in [2.75, 3.05) is 12.3 Å². The fourth-order valence-corrected chi connectivity index (χ4v) is 6.34. The molecule has 0 spiro atoms. The number of aliphatic hydroxyl groups excluding tert-OH is 1. The van der Waals surface area contributed by atoms with Crippen molar-refractivity contribution in [3.63, 3.8) is 0 Å². The number of pyridine rings is 1. The van der Waals surface area contributed by atoms with Gasteiger partial charge in [0.1, 0.15) is 18.1 Å². The van der Waals surface area contributed by atoms with E-state index in [-0.39, 0.29) is 23.9 Å². The van der Waals surface area contributed by atoms with E-state index >= 15 is 0 Å². The molecule has 4 N–H and O–H groups in total. The van der Waals surface area contributed by atoms with Gasteiger partial charge in [0.2, 0.25) is 5.91 Å². The van der Waals surface area contributed by atoms with Crippen molar-refractivity contribution < 1.29 is 9.90 Å². The third-order valence-corrected chi connectivity index (χ3v) is 8.09. The summed E-state index contributed by atoms with van der Waals surface area (Å²) in [5.74, 6) is 1.89. The van der Waals surface area contributed by atoms with Crippen LogP contribution in [0, 0.1) is 0 Å². The number of carbonyl (C=O) groups is 1. The third-order valence-electron chi connectivity index (χ3n) is 8.09. The van der Waals surface area contributed by atoms with Gasteiger partial charge in [0.15, 0.2) is 11.5 Å². The van der Waals surface area contributed by atoms with Gasteiger partial charge in [-0.15, -0.1) is 0 Å².